The third-order valence-electron chi connectivity index (χ3n) is 10.4. The summed E-state index contributed by atoms with van der Waals surface area (Å²) >= 11 is 0. The number of aromatic nitrogens is 2. The fraction of sp³-hybridized carbons (Fsp3) is 0.128. The number of nitrogens with zero attached hydrogens (tertiary/aromatic N) is 2. The van der Waals surface area contributed by atoms with Crippen molar-refractivity contribution in [2.75, 3.05) is 0 Å². The van der Waals surface area contributed by atoms with Gasteiger partial charge in [-0.1, -0.05) is 117 Å². The zero-order valence-corrected chi connectivity index (χ0v) is 28.4. The van der Waals surface area contributed by atoms with Crippen LogP contribution in [0.2, 0.25) is 0 Å². The molecule has 0 N–H and O–H groups in total. The normalized spacial score (nSPS) is 13.2. The number of fused-ring (bicyclic) bond motifs is 4. The van der Waals surface area contributed by atoms with Gasteiger partial charge in [0.2, 0.25) is 5.89 Å². The summed E-state index contributed by atoms with van der Waals surface area (Å²) in [6, 6.07) is 50.3. The predicted molar refractivity (Wildman–Crippen MR) is 209 cm³/mol. The molecule has 0 radical (unpaired) electrons. The van der Waals surface area contributed by atoms with Crippen LogP contribution >= 0.6 is 0 Å². The Balaban J connectivity index is 1.10. The lowest BCUT2D eigenvalue weighted by atomic mass is 9.88. The molecule has 1 atom stereocenters. The largest absolute Gasteiger partial charge is 0.436 e. The van der Waals surface area contributed by atoms with Gasteiger partial charge in [-0.15, -0.1) is 0 Å². The Labute approximate surface area is 293 Å². The molecule has 8 aromatic rings. The van der Waals surface area contributed by atoms with E-state index < -0.39 is 0 Å². The van der Waals surface area contributed by atoms with E-state index in [9.17, 15) is 0 Å². The fourth-order valence-electron chi connectivity index (χ4n) is 7.60. The van der Waals surface area contributed by atoms with Gasteiger partial charge in [-0.3, -0.25) is 0 Å². The van der Waals surface area contributed by atoms with Crippen LogP contribution < -0.4 is 0 Å². The van der Waals surface area contributed by atoms with Gasteiger partial charge >= 0.3 is 0 Å². The molecule has 1 aliphatic carbocycles. The lowest BCUT2D eigenvalue weighted by Gasteiger charge is -2.15. The van der Waals surface area contributed by atoms with Crippen LogP contribution in [0.15, 0.2) is 150 Å². The van der Waals surface area contributed by atoms with E-state index in [1.807, 2.05) is 0 Å². The summed E-state index contributed by atoms with van der Waals surface area (Å²) in [6.07, 6.45) is 7.84. The maximum absolute atomic E-state index is 6.20. The highest BCUT2D eigenvalue weighted by Crippen LogP contribution is 2.41. The molecule has 0 saturated heterocycles. The second-order valence-electron chi connectivity index (χ2n) is 13.4. The highest BCUT2D eigenvalue weighted by Gasteiger charge is 2.20. The molecule has 1 aliphatic rings. The van der Waals surface area contributed by atoms with Crippen molar-refractivity contribution >= 4 is 28.1 Å². The minimum absolute atomic E-state index is 0.496. The lowest BCUT2D eigenvalue weighted by molar-refractivity contribution is 0.619. The first-order chi connectivity index (χ1) is 24.7. The minimum Gasteiger partial charge on any atom is -0.436 e. The molecule has 3 heteroatoms. The summed E-state index contributed by atoms with van der Waals surface area (Å²) in [4.78, 5) is 4.87. The van der Waals surface area contributed by atoms with Crippen molar-refractivity contribution in [3.05, 3.63) is 162 Å². The van der Waals surface area contributed by atoms with Crippen LogP contribution in [-0.2, 0) is 6.42 Å². The number of hydrogen-bond donors (Lipinski definition) is 0. The summed E-state index contributed by atoms with van der Waals surface area (Å²) in [5, 5.41) is 1.30. The number of rotatable bonds is 7. The van der Waals surface area contributed by atoms with Crippen molar-refractivity contribution in [1.29, 1.82) is 0 Å². The van der Waals surface area contributed by atoms with E-state index in [1.165, 1.54) is 61.2 Å². The third kappa shape index (κ3) is 5.18. The lowest BCUT2D eigenvalue weighted by Crippen LogP contribution is -2.02. The molecule has 50 heavy (non-hydrogen) atoms. The van der Waals surface area contributed by atoms with Crippen molar-refractivity contribution in [3.63, 3.8) is 0 Å². The van der Waals surface area contributed by atoms with Crippen molar-refractivity contribution in [2.45, 2.75) is 39.0 Å². The zero-order valence-electron chi connectivity index (χ0n) is 28.4. The summed E-state index contributed by atoms with van der Waals surface area (Å²) < 4.78 is 8.65. The average molecular weight is 647 g/mol. The predicted octanol–water partition coefficient (Wildman–Crippen LogP) is 12.9. The van der Waals surface area contributed by atoms with Gasteiger partial charge in [0.25, 0.3) is 0 Å². The topological polar surface area (TPSA) is 31.0 Å². The van der Waals surface area contributed by atoms with E-state index in [2.05, 4.69) is 170 Å². The van der Waals surface area contributed by atoms with Crippen LogP contribution in [0.3, 0.4) is 0 Å². The highest BCUT2D eigenvalue weighted by atomic mass is 16.3. The quantitative estimate of drug-likeness (QED) is 0.172. The highest BCUT2D eigenvalue weighted by molar-refractivity contribution is 5.99. The minimum atomic E-state index is 0.496. The van der Waals surface area contributed by atoms with Crippen molar-refractivity contribution in [3.8, 4) is 50.5 Å². The van der Waals surface area contributed by atoms with Crippen LogP contribution in [0.4, 0.5) is 0 Å². The monoisotopic (exact) mass is 646 g/mol. The van der Waals surface area contributed by atoms with Crippen molar-refractivity contribution in [1.82, 2.24) is 9.55 Å². The maximum atomic E-state index is 6.20. The Kier molecular flexibility index (Phi) is 7.54. The first kappa shape index (κ1) is 30.2. The van der Waals surface area contributed by atoms with Gasteiger partial charge in [-0.05, 0) is 113 Å². The molecule has 0 amide bonds. The zero-order chi connectivity index (χ0) is 33.6. The van der Waals surface area contributed by atoms with Crippen LogP contribution in [0.1, 0.15) is 49.4 Å². The fourth-order valence-corrected chi connectivity index (χ4v) is 7.60. The maximum Gasteiger partial charge on any atom is 0.227 e. The standard InChI is InChI=1S/C47H38N2O/c1-3-31(2)34-26-28-46-43(30-34)48-47(50-46)33-23-21-32(22-24-33)37-15-7-9-17-39(37)40-18-10-8-16-38(40)35-25-27-45-42(29-35)41-19-11-12-20-44(41)49(45)36-13-5-4-6-14-36/h4-11,13-19,21-31H,3,12,20H2,1-2H3. The van der Waals surface area contributed by atoms with Gasteiger partial charge in [0.05, 0.1) is 5.52 Å². The molecule has 9 rings (SSSR count). The molecule has 0 fully saturated rings. The Morgan fingerprint density at radius 3 is 2.08 bits per heavy atom. The van der Waals surface area contributed by atoms with E-state index in [0.29, 0.717) is 11.8 Å². The molecule has 0 aliphatic heterocycles. The van der Waals surface area contributed by atoms with Gasteiger partial charge in [-0.2, -0.15) is 0 Å². The first-order valence-electron chi connectivity index (χ1n) is 17.8. The van der Waals surface area contributed by atoms with Crippen LogP contribution in [0.25, 0.3) is 78.6 Å². The Bertz CT molecular complexity index is 2530. The number of benzene rings is 6. The molecular formula is C47H38N2O. The van der Waals surface area contributed by atoms with E-state index in [-0.39, 0.29) is 0 Å². The average Bonchev–Trinajstić information content (AvgIpc) is 3.77. The van der Waals surface area contributed by atoms with Crippen LogP contribution in [0, 0.1) is 0 Å². The SMILES string of the molecule is CCC(C)c1ccc2oc(-c3ccc(-c4ccccc4-c4ccccc4-c4ccc5c(c4)c4c(n5-c5ccccc5)CCC=C4)cc3)nc2c1. The molecule has 1 unspecified atom stereocenters. The first-order valence-corrected chi connectivity index (χ1v) is 17.8. The number of para-hydroxylation sites is 1. The third-order valence-corrected chi connectivity index (χ3v) is 10.4. The summed E-state index contributed by atoms with van der Waals surface area (Å²) in [7, 11) is 0. The molecule has 0 spiro atoms. The molecule has 0 bridgehead atoms. The summed E-state index contributed by atoms with van der Waals surface area (Å²) in [5.41, 5.74) is 16.4. The second kappa shape index (κ2) is 12.5. The molecule has 3 nitrogen and oxygen atoms in total. The van der Waals surface area contributed by atoms with Crippen molar-refractivity contribution < 1.29 is 4.42 Å². The van der Waals surface area contributed by atoms with Gasteiger partial charge in [-0.25, -0.2) is 4.98 Å². The summed E-state index contributed by atoms with van der Waals surface area (Å²) in [5.74, 6) is 1.15. The number of hydrogen-bond acceptors (Lipinski definition) is 2. The van der Waals surface area contributed by atoms with Gasteiger partial charge in [0, 0.05) is 27.9 Å². The van der Waals surface area contributed by atoms with Crippen LogP contribution in [0.5, 0.6) is 0 Å². The number of allylic oxidation sites excluding steroid dienone is 1. The molecule has 242 valence electrons. The van der Waals surface area contributed by atoms with Gasteiger partial charge < -0.3 is 8.98 Å². The van der Waals surface area contributed by atoms with Crippen LogP contribution in [-0.4, -0.2) is 9.55 Å². The van der Waals surface area contributed by atoms with E-state index in [1.54, 1.807) is 0 Å². The Morgan fingerprint density at radius 1 is 0.680 bits per heavy atom. The molecule has 6 aromatic carbocycles. The second-order valence-corrected chi connectivity index (χ2v) is 13.4. The number of oxazole rings is 1. The molecular weight excluding hydrogens is 609 g/mol. The molecule has 0 saturated carbocycles. The Hall–Kier alpha value is -5.93. The van der Waals surface area contributed by atoms with Crippen molar-refractivity contribution in [2.24, 2.45) is 0 Å². The molecule has 2 heterocycles. The van der Waals surface area contributed by atoms with E-state index >= 15 is 0 Å². The smallest absolute Gasteiger partial charge is 0.227 e. The van der Waals surface area contributed by atoms with Gasteiger partial charge in [0.15, 0.2) is 5.58 Å². The van der Waals surface area contributed by atoms with E-state index in [0.717, 1.165) is 41.5 Å². The molecule has 2 aromatic heterocycles. The van der Waals surface area contributed by atoms with E-state index in [4.69, 9.17) is 9.40 Å². The summed E-state index contributed by atoms with van der Waals surface area (Å²) in [6.45, 7) is 4.47. The van der Waals surface area contributed by atoms with Gasteiger partial charge in [0.1, 0.15) is 5.52 Å². The Morgan fingerprint density at radius 2 is 1.34 bits per heavy atom.